The molecule has 5 heteroatoms. The van der Waals surface area contributed by atoms with Gasteiger partial charge in [0.25, 0.3) is 10.0 Å². The van der Waals surface area contributed by atoms with Crippen LogP contribution >= 0.6 is 11.6 Å². The highest BCUT2D eigenvalue weighted by molar-refractivity contribution is 7.92. The number of anilines is 1. The van der Waals surface area contributed by atoms with E-state index in [-0.39, 0.29) is 4.90 Å². The standard InChI is InChI=1S/C16H18ClNO2S/c1-3-5-13-8-10-14(11-9-13)21(19,20)18-16-7-4-6-15(17)12(16)2/h4,6-11,18H,3,5H2,1-2H3. The maximum Gasteiger partial charge on any atom is 0.261 e. The molecule has 0 bridgehead atoms. The Hall–Kier alpha value is -1.52. The molecule has 2 aromatic rings. The van der Waals surface area contributed by atoms with Gasteiger partial charge in [-0.15, -0.1) is 0 Å². The summed E-state index contributed by atoms with van der Waals surface area (Å²) in [6.07, 6.45) is 1.98. The van der Waals surface area contributed by atoms with Crippen molar-refractivity contribution >= 4 is 27.3 Å². The molecule has 0 unspecified atom stereocenters. The van der Waals surface area contributed by atoms with Crippen molar-refractivity contribution in [3.05, 3.63) is 58.6 Å². The van der Waals surface area contributed by atoms with Gasteiger partial charge in [-0.25, -0.2) is 8.42 Å². The van der Waals surface area contributed by atoms with Gasteiger partial charge >= 0.3 is 0 Å². The molecular weight excluding hydrogens is 306 g/mol. The Kier molecular flexibility index (Phi) is 4.91. The molecule has 112 valence electrons. The van der Waals surface area contributed by atoms with E-state index in [0.29, 0.717) is 16.3 Å². The van der Waals surface area contributed by atoms with Gasteiger partial charge in [-0.2, -0.15) is 0 Å². The van der Waals surface area contributed by atoms with Crippen LogP contribution in [-0.2, 0) is 16.4 Å². The molecule has 0 radical (unpaired) electrons. The summed E-state index contributed by atoms with van der Waals surface area (Å²) in [6, 6.07) is 12.1. The Morgan fingerprint density at radius 1 is 1.10 bits per heavy atom. The molecule has 0 spiro atoms. The SMILES string of the molecule is CCCc1ccc(S(=O)(=O)Nc2cccc(Cl)c2C)cc1. The second-order valence-corrected chi connectivity index (χ2v) is 7.00. The molecule has 0 saturated carbocycles. The normalized spacial score (nSPS) is 11.4. The van der Waals surface area contributed by atoms with Gasteiger partial charge < -0.3 is 0 Å². The van der Waals surface area contributed by atoms with Crippen molar-refractivity contribution in [2.75, 3.05) is 4.72 Å². The summed E-state index contributed by atoms with van der Waals surface area (Å²) < 4.78 is 27.3. The first-order valence-electron chi connectivity index (χ1n) is 6.81. The number of hydrogen-bond acceptors (Lipinski definition) is 2. The predicted molar refractivity (Wildman–Crippen MR) is 87.4 cm³/mol. The van der Waals surface area contributed by atoms with Crippen LogP contribution in [0.5, 0.6) is 0 Å². The third kappa shape index (κ3) is 3.77. The lowest BCUT2D eigenvalue weighted by atomic mass is 10.1. The fourth-order valence-electron chi connectivity index (χ4n) is 2.05. The molecule has 2 rings (SSSR count). The highest BCUT2D eigenvalue weighted by Crippen LogP contribution is 2.25. The smallest absolute Gasteiger partial charge is 0.261 e. The third-order valence-corrected chi connectivity index (χ3v) is 5.08. The monoisotopic (exact) mass is 323 g/mol. The van der Waals surface area contributed by atoms with E-state index in [0.717, 1.165) is 18.4 Å². The van der Waals surface area contributed by atoms with Crippen LogP contribution in [0.3, 0.4) is 0 Å². The van der Waals surface area contributed by atoms with Gasteiger partial charge in [0.05, 0.1) is 10.6 Å². The molecule has 0 fully saturated rings. The van der Waals surface area contributed by atoms with Crippen molar-refractivity contribution in [3.8, 4) is 0 Å². The maximum absolute atomic E-state index is 12.4. The Balaban J connectivity index is 2.27. The fourth-order valence-corrected chi connectivity index (χ4v) is 3.34. The number of sulfonamides is 1. The molecule has 0 heterocycles. The van der Waals surface area contributed by atoms with E-state index in [9.17, 15) is 8.42 Å². The van der Waals surface area contributed by atoms with E-state index in [1.807, 2.05) is 12.1 Å². The molecule has 0 atom stereocenters. The Morgan fingerprint density at radius 2 is 1.76 bits per heavy atom. The van der Waals surface area contributed by atoms with Crippen LogP contribution < -0.4 is 4.72 Å². The van der Waals surface area contributed by atoms with Gasteiger partial charge in [-0.3, -0.25) is 4.72 Å². The number of nitrogens with one attached hydrogen (secondary N) is 1. The van der Waals surface area contributed by atoms with E-state index in [4.69, 9.17) is 11.6 Å². The third-order valence-electron chi connectivity index (χ3n) is 3.28. The van der Waals surface area contributed by atoms with Crippen molar-refractivity contribution in [3.63, 3.8) is 0 Å². The minimum absolute atomic E-state index is 0.252. The van der Waals surface area contributed by atoms with Gasteiger partial charge in [0, 0.05) is 5.02 Å². The lowest BCUT2D eigenvalue weighted by molar-refractivity contribution is 0.601. The van der Waals surface area contributed by atoms with Crippen LogP contribution in [0, 0.1) is 6.92 Å². The van der Waals surface area contributed by atoms with E-state index in [1.54, 1.807) is 37.3 Å². The summed E-state index contributed by atoms with van der Waals surface area (Å²) in [6.45, 7) is 3.87. The molecule has 2 aromatic carbocycles. The fraction of sp³-hybridized carbons (Fsp3) is 0.250. The van der Waals surface area contributed by atoms with E-state index in [1.165, 1.54) is 0 Å². The topological polar surface area (TPSA) is 46.2 Å². The zero-order chi connectivity index (χ0) is 15.5. The molecular formula is C16H18ClNO2S. The maximum atomic E-state index is 12.4. The van der Waals surface area contributed by atoms with Gasteiger partial charge in [0.1, 0.15) is 0 Å². The zero-order valence-electron chi connectivity index (χ0n) is 12.1. The van der Waals surface area contributed by atoms with Gasteiger partial charge in [0.2, 0.25) is 0 Å². The van der Waals surface area contributed by atoms with Crippen molar-refractivity contribution in [2.45, 2.75) is 31.6 Å². The molecule has 0 saturated heterocycles. The molecule has 0 amide bonds. The second-order valence-electron chi connectivity index (χ2n) is 4.91. The average Bonchev–Trinajstić information content (AvgIpc) is 2.45. The minimum Gasteiger partial charge on any atom is -0.279 e. The van der Waals surface area contributed by atoms with Gasteiger partial charge in [-0.05, 0) is 48.7 Å². The number of benzene rings is 2. The number of aryl methyl sites for hydroxylation is 1. The van der Waals surface area contributed by atoms with Crippen LogP contribution in [0.25, 0.3) is 0 Å². The molecule has 0 aliphatic heterocycles. The van der Waals surface area contributed by atoms with Crippen LogP contribution in [0.4, 0.5) is 5.69 Å². The van der Waals surface area contributed by atoms with Crippen molar-refractivity contribution in [2.24, 2.45) is 0 Å². The summed E-state index contributed by atoms with van der Waals surface area (Å²) >= 11 is 6.01. The molecule has 3 nitrogen and oxygen atoms in total. The Morgan fingerprint density at radius 3 is 2.38 bits per heavy atom. The Bertz CT molecular complexity index is 724. The number of rotatable bonds is 5. The zero-order valence-corrected chi connectivity index (χ0v) is 13.6. The summed E-state index contributed by atoms with van der Waals surface area (Å²) in [4.78, 5) is 0.252. The van der Waals surface area contributed by atoms with E-state index >= 15 is 0 Å². The van der Waals surface area contributed by atoms with E-state index < -0.39 is 10.0 Å². The Labute approximate surface area is 131 Å². The van der Waals surface area contributed by atoms with Crippen molar-refractivity contribution in [1.29, 1.82) is 0 Å². The summed E-state index contributed by atoms with van der Waals surface area (Å²) in [5.41, 5.74) is 2.35. The van der Waals surface area contributed by atoms with Crippen LogP contribution in [0.2, 0.25) is 5.02 Å². The van der Waals surface area contributed by atoms with Crippen molar-refractivity contribution in [1.82, 2.24) is 0 Å². The first-order chi connectivity index (χ1) is 9.94. The number of hydrogen-bond donors (Lipinski definition) is 1. The quantitative estimate of drug-likeness (QED) is 0.886. The average molecular weight is 324 g/mol. The van der Waals surface area contributed by atoms with Gasteiger partial charge in [-0.1, -0.05) is 43.1 Å². The largest absolute Gasteiger partial charge is 0.279 e. The summed E-state index contributed by atoms with van der Waals surface area (Å²) in [5, 5.41) is 0.536. The highest BCUT2D eigenvalue weighted by atomic mass is 35.5. The lowest BCUT2D eigenvalue weighted by Gasteiger charge is -2.11. The molecule has 0 aromatic heterocycles. The van der Waals surface area contributed by atoms with Gasteiger partial charge in [0.15, 0.2) is 0 Å². The summed E-state index contributed by atoms with van der Waals surface area (Å²) in [7, 11) is -3.59. The van der Waals surface area contributed by atoms with Crippen LogP contribution in [0.1, 0.15) is 24.5 Å². The van der Waals surface area contributed by atoms with Crippen molar-refractivity contribution < 1.29 is 8.42 Å². The predicted octanol–water partition coefficient (Wildman–Crippen LogP) is 4.40. The van der Waals surface area contributed by atoms with Crippen LogP contribution in [-0.4, -0.2) is 8.42 Å². The van der Waals surface area contributed by atoms with Crippen LogP contribution in [0.15, 0.2) is 47.4 Å². The van der Waals surface area contributed by atoms with E-state index in [2.05, 4.69) is 11.6 Å². The lowest BCUT2D eigenvalue weighted by Crippen LogP contribution is -2.13. The molecule has 0 aliphatic rings. The minimum atomic E-state index is -3.59. The molecule has 0 aliphatic carbocycles. The second kappa shape index (κ2) is 6.50. The summed E-state index contributed by atoms with van der Waals surface area (Å²) in [5.74, 6) is 0. The highest BCUT2D eigenvalue weighted by Gasteiger charge is 2.15. The first kappa shape index (κ1) is 15.9. The molecule has 1 N–H and O–H groups in total. The number of halogens is 1. The molecule has 21 heavy (non-hydrogen) atoms. The first-order valence-corrected chi connectivity index (χ1v) is 8.67.